The lowest BCUT2D eigenvalue weighted by Gasteiger charge is -2.24. The van der Waals surface area contributed by atoms with E-state index in [2.05, 4.69) is 0 Å². The van der Waals surface area contributed by atoms with Crippen LogP contribution in [-0.2, 0) is 9.47 Å². The molecule has 0 aliphatic rings. The van der Waals surface area contributed by atoms with Crippen molar-refractivity contribution in [1.82, 2.24) is 0 Å². The zero-order valence-electron chi connectivity index (χ0n) is 10.1. The number of carbonyl (C=O) groups is 1. The number of amides is 1. The molecule has 1 aromatic rings. The normalized spacial score (nSPS) is 14.1. The van der Waals surface area contributed by atoms with E-state index in [9.17, 15) is 4.79 Å². The van der Waals surface area contributed by atoms with Crippen LogP contribution in [0, 0.1) is 6.92 Å². The first-order chi connectivity index (χ1) is 7.97. The number of aryl methyl sites for hydroxylation is 1. The standard InChI is InChI=1S/C12H16ClNO3/c1-7-5-4-6-9(13)10(7)11(8(2)16-3)17-12(14)15/h4-6,8,11H,1-3H3,(H2,14,15). The molecule has 0 spiro atoms. The summed E-state index contributed by atoms with van der Waals surface area (Å²) < 4.78 is 10.3. The first-order valence-corrected chi connectivity index (χ1v) is 5.59. The van der Waals surface area contributed by atoms with E-state index in [0.29, 0.717) is 5.02 Å². The third kappa shape index (κ3) is 3.35. The third-order valence-corrected chi connectivity index (χ3v) is 2.93. The van der Waals surface area contributed by atoms with Gasteiger partial charge in [0.1, 0.15) is 0 Å². The summed E-state index contributed by atoms with van der Waals surface area (Å²) in [5.74, 6) is 0. The lowest BCUT2D eigenvalue weighted by Crippen LogP contribution is -2.27. The average Bonchev–Trinajstić information content (AvgIpc) is 2.26. The van der Waals surface area contributed by atoms with Gasteiger partial charge in [0, 0.05) is 17.7 Å². The SMILES string of the molecule is COC(C)C(OC(N)=O)c1c(C)cccc1Cl. The largest absolute Gasteiger partial charge is 0.439 e. The van der Waals surface area contributed by atoms with Crippen LogP contribution in [0.4, 0.5) is 4.79 Å². The van der Waals surface area contributed by atoms with Crippen LogP contribution in [0.2, 0.25) is 5.02 Å². The second-order valence-electron chi connectivity index (χ2n) is 3.77. The average molecular weight is 258 g/mol. The van der Waals surface area contributed by atoms with E-state index < -0.39 is 12.2 Å². The molecule has 0 saturated carbocycles. The minimum atomic E-state index is -0.849. The van der Waals surface area contributed by atoms with Crippen LogP contribution in [-0.4, -0.2) is 19.3 Å². The molecule has 0 radical (unpaired) electrons. The Bertz CT molecular complexity index is 388. The number of methoxy groups -OCH3 is 1. The topological polar surface area (TPSA) is 61.6 Å². The number of benzene rings is 1. The first kappa shape index (κ1) is 13.8. The van der Waals surface area contributed by atoms with Crippen LogP contribution in [0.1, 0.15) is 24.2 Å². The summed E-state index contributed by atoms with van der Waals surface area (Å²) in [6, 6.07) is 5.46. The van der Waals surface area contributed by atoms with Gasteiger partial charge in [-0.05, 0) is 25.5 Å². The second-order valence-corrected chi connectivity index (χ2v) is 4.18. The van der Waals surface area contributed by atoms with Gasteiger partial charge in [-0.3, -0.25) is 0 Å². The summed E-state index contributed by atoms with van der Waals surface area (Å²) in [7, 11) is 1.54. The van der Waals surface area contributed by atoms with E-state index in [1.54, 1.807) is 13.0 Å². The molecule has 0 aromatic heterocycles. The quantitative estimate of drug-likeness (QED) is 0.902. The summed E-state index contributed by atoms with van der Waals surface area (Å²) in [6.45, 7) is 3.68. The second kappa shape index (κ2) is 5.89. The zero-order valence-corrected chi connectivity index (χ0v) is 10.8. The Morgan fingerprint density at radius 3 is 2.59 bits per heavy atom. The summed E-state index contributed by atoms with van der Waals surface area (Å²) in [4.78, 5) is 10.9. The van der Waals surface area contributed by atoms with Crippen molar-refractivity contribution in [3.8, 4) is 0 Å². The Morgan fingerprint density at radius 1 is 1.47 bits per heavy atom. The van der Waals surface area contributed by atoms with Crippen molar-refractivity contribution in [1.29, 1.82) is 0 Å². The molecular formula is C12H16ClNO3. The van der Waals surface area contributed by atoms with Crippen molar-refractivity contribution in [2.45, 2.75) is 26.1 Å². The molecule has 0 bridgehead atoms. The molecule has 0 aliphatic carbocycles. The maximum atomic E-state index is 10.9. The molecule has 0 heterocycles. The number of primary amides is 1. The summed E-state index contributed by atoms with van der Waals surface area (Å²) in [6.07, 6.45) is -1.79. The van der Waals surface area contributed by atoms with Gasteiger partial charge in [0.05, 0.1) is 6.10 Å². The van der Waals surface area contributed by atoms with Gasteiger partial charge in [0.15, 0.2) is 6.10 Å². The van der Waals surface area contributed by atoms with Crippen LogP contribution in [0.25, 0.3) is 0 Å². The maximum Gasteiger partial charge on any atom is 0.405 e. The fraction of sp³-hybridized carbons (Fsp3) is 0.417. The molecule has 94 valence electrons. The van der Waals surface area contributed by atoms with Crippen molar-refractivity contribution < 1.29 is 14.3 Å². The highest BCUT2D eigenvalue weighted by molar-refractivity contribution is 6.31. The molecule has 5 heteroatoms. The van der Waals surface area contributed by atoms with Gasteiger partial charge in [0.25, 0.3) is 0 Å². The molecule has 17 heavy (non-hydrogen) atoms. The highest BCUT2D eigenvalue weighted by atomic mass is 35.5. The predicted octanol–water partition coefficient (Wildman–Crippen LogP) is 2.82. The van der Waals surface area contributed by atoms with Gasteiger partial charge in [-0.2, -0.15) is 0 Å². The summed E-state index contributed by atoms with van der Waals surface area (Å²) in [5.41, 5.74) is 6.71. The van der Waals surface area contributed by atoms with E-state index in [-0.39, 0.29) is 6.10 Å². The number of hydrogen-bond donors (Lipinski definition) is 1. The molecule has 2 N–H and O–H groups in total. The van der Waals surface area contributed by atoms with Crippen molar-refractivity contribution in [2.24, 2.45) is 5.73 Å². The summed E-state index contributed by atoms with van der Waals surface area (Å²) >= 11 is 6.12. The van der Waals surface area contributed by atoms with E-state index in [1.807, 2.05) is 19.1 Å². The number of hydrogen-bond acceptors (Lipinski definition) is 3. The Balaban J connectivity index is 3.16. The molecule has 1 rings (SSSR count). The molecule has 0 fully saturated rings. The van der Waals surface area contributed by atoms with Gasteiger partial charge >= 0.3 is 6.09 Å². The van der Waals surface area contributed by atoms with Crippen molar-refractivity contribution in [2.75, 3.05) is 7.11 Å². The zero-order chi connectivity index (χ0) is 13.0. The highest BCUT2D eigenvalue weighted by Crippen LogP contribution is 2.32. The van der Waals surface area contributed by atoms with E-state index in [4.69, 9.17) is 26.8 Å². The Labute approximate surface area is 106 Å². The van der Waals surface area contributed by atoms with E-state index in [0.717, 1.165) is 11.1 Å². The third-order valence-electron chi connectivity index (χ3n) is 2.60. The van der Waals surface area contributed by atoms with Crippen LogP contribution < -0.4 is 5.73 Å². The number of carbonyl (C=O) groups excluding carboxylic acids is 1. The molecule has 2 atom stereocenters. The lowest BCUT2D eigenvalue weighted by molar-refractivity contribution is -0.0112. The fourth-order valence-corrected chi connectivity index (χ4v) is 1.97. The minimum Gasteiger partial charge on any atom is -0.439 e. The maximum absolute atomic E-state index is 10.9. The predicted molar refractivity (Wildman–Crippen MR) is 66.1 cm³/mol. The van der Waals surface area contributed by atoms with Gasteiger partial charge in [0.2, 0.25) is 0 Å². The molecule has 4 nitrogen and oxygen atoms in total. The van der Waals surface area contributed by atoms with E-state index in [1.165, 1.54) is 7.11 Å². The highest BCUT2D eigenvalue weighted by Gasteiger charge is 2.26. The Kier molecular flexibility index (Phi) is 4.78. The molecular weight excluding hydrogens is 242 g/mol. The minimum absolute atomic E-state index is 0.332. The fourth-order valence-electron chi connectivity index (χ4n) is 1.64. The Hall–Kier alpha value is -1.26. The van der Waals surface area contributed by atoms with E-state index >= 15 is 0 Å². The smallest absolute Gasteiger partial charge is 0.405 e. The van der Waals surface area contributed by atoms with Crippen molar-refractivity contribution in [3.05, 3.63) is 34.3 Å². The van der Waals surface area contributed by atoms with Gasteiger partial charge < -0.3 is 15.2 Å². The van der Waals surface area contributed by atoms with Gasteiger partial charge in [-0.25, -0.2) is 4.79 Å². The van der Waals surface area contributed by atoms with Crippen molar-refractivity contribution in [3.63, 3.8) is 0 Å². The van der Waals surface area contributed by atoms with Crippen LogP contribution in [0.5, 0.6) is 0 Å². The Morgan fingerprint density at radius 2 is 2.12 bits per heavy atom. The molecule has 2 unspecified atom stereocenters. The van der Waals surface area contributed by atoms with Gasteiger partial charge in [-0.1, -0.05) is 23.7 Å². The number of nitrogens with two attached hydrogens (primary N) is 1. The monoisotopic (exact) mass is 257 g/mol. The molecule has 0 aliphatic heterocycles. The first-order valence-electron chi connectivity index (χ1n) is 5.21. The molecule has 0 saturated heterocycles. The number of rotatable bonds is 4. The number of halogens is 1. The van der Waals surface area contributed by atoms with Gasteiger partial charge in [-0.15, -0.1) is 0 Å². The van der Waals surface area contributed by atoms with Crippen LogP contribution >= 0.6 is 11.6 Å². The van der Waals surface area contributed by atoms with Crippen molar-refractivity contribution >= 4 is 17.7 Å². The number of ether oxygens (including phenoxy) is 2. The lowest BCUT2D eigenvalue weighted by atomic mass is 10.00. The molecule has 1 aromatic carbocycles. The van der Waals surface area contributed by atoms with Crippen LogP contribution in [0.15, 0.2) is 18.2 Å². The summed E-state index contributed by atoms with van der Waals surface area (Å²) in [5, 5.41) is 0.528. The molecule has 1 amide bonds. The van der Waals surface area contributed by atoms with Crippen LogP contribution in [0.3, 0.4) is 0 Å².